The predicted octanol–water partition coefficient (Wildman–Crippen LogP) is 5.83. The van der Waals surface area contributed by atoms with Gasteiger partial charge in [0.15, 0.2) is 5.82 Å². The molecular formula is C35H39F3N6O3. The van der Waals surface area contributed by atoms with Gasteiger partial charge in [0, 0.05) is 44.2 Å². The number of aromatic nitrogens is 3. The highest BCUT2D eigenvalue weighted by molar-refractivity contribution is 6.01. The Kier molecular flexibility index (Phi) is 7.89. The molecule has 0 radical (unpaired) electrons. The fourth-order valence-electron chi connectivity index (χ4n) is 8.26. The van der Waals surface area contributed by atoms with Gasteiger partial charge in [-0.3, -0.25) is 14.7 Å². The van der Waals surface area contributed by atoms with Crippen LogP contribution in [-0.4, -0.2) is 75.4 Å². The van der Waals surface area contributed by atoms with Gasteiger partial charge < -0.3 is 20.5 Å². The topological polar surface area (TPSA) is 118 Å². The number of fused-ring (bicyclic) bond motifs is 3. The molecule has 2 aromatic heterocycles. The van der Waals surface area contributed by atoms with Crippen molar-refractivity contribution in [2.24, 2.45) is 11.1 Å². The van der Waals surface area contributed by atoms with Crippen molar-refractivity contribution in [2.45, 2.75) is 70.5 Å². The Balaban J connectivity index is 1.37. The number of hydrogen-bond acceptors (Lipinski definition) is 8. The molecule has 9 nitrogen and oxygen atoms in total. The monoisotopic (exact) mass is 648 g/mol. The van der Waals surface area contributed by atoms with E-state index in [-0.39, 0.29) is 41.6 Å². The number of anilines is 1. The molecule has 4 aromatic rings. The molecule has 2 aromatic carbocycles. The average molecular weight is 649 g/mol. The van der Waals surface area contributed by atoms with Crippen LogP contribution in [0.4, 0.5) is 19.0 Å². The molecule has 0 saturated carbocycles. The zero-order valence-corrected chi connectivity index (χ0v) is 26.7. The molecule has 0 bridgehead atoms. The molecule has 1 amide bonds. The van der Waals surface area contributed by atoms with Crippen molar-refractivity contribution in [1.29, 1.82) is 0 Å². The summed E-state index contributed by atoms with van der Waals surface area (Å²) in [7, 11) is 0. The number of carbonyl (C=O) groups is 1. The fraction of sp³-hybridized carbons (Fsp3) is 0.486. The Bertz CT molecular complexity index is 1890. The van der Waals surface area contributed by atoms with E-state index in [0.29, 0.717) is 60.0 Å². The summed E-state index contributed by atoms with van der Waals surface area (Å²) in [6.45, 7) is 6.17. The van der Waals surface area contributed by atoms with Crippen molar-refractivity contribution >= 4 is 33.4 Å². The van der Waals surface area contributed by atoms with Crippen molar-refractivity contribution < 1.29 is 27.8 Å². The molecule has 7 rings (SSSR count). The minimum absolute atomic E-state index is 0.0429. The van der Waals surface area contributed by atoms with Crippen LogP contribution in [0.15, 0.2) is 30.5 Å². The highest BCUT2D eigenvalue weighted by Crippen LogP contribution is 2.43. The summed E-state index contributed by atoms with van der Waals surface area (Å²) in [5.41, 5.74) is 5.20. The van der Waals surface area contributed by atoms with Gasteiger partial charge >= 0.3 is 6.01 Å². The van der Waals surface area contributed by atoms with Crippen molar-refractivity contribution in [3.63, 3.8) is 0 Å². The molecule has 0 unspecified atom stereocenters. The number of aryl methyl sites for hydroxylation is 1. The van der Waals surface area contributed by atoms with Gasteiger partial charge in [-0.05, 0) is 78.6 Å². The van der Waals surface area contributed by atoms with E-state index >= 15 is 4.39 Å². The van der Waals surface area contributed by atoms with E-state index in [2.05, 4.69) is 14.9 Å². The predicted molar refractivity (Wildman–Crippen MR) is 173 cm³/mol. The molecule has 3 aliphatic heterocycles. The SMILES string of the molecule is CCc1c(F)ccc2cc(O)cc(-c3ncc4c(N5CCC[C@](C)(CC(N)=O)C5)nc(OC[C@@]56CCCN5C[C@H](F)C6)nc4c3F)c12. The third-order valence-electron chi connectivity index (χ3n) is 10.3. The number of phenolic OH excluding ortho intramolecular Hbond substituents is 1. The molecule has 5 heterocycles. The number of hydrogen-bond donors (Lipinski definition) is 2. The Morgan fingerprint density at radius 3 is 2.77 bits per heavy atom. The number of halogens is 3. The Labute approximate surface area is 270 Å². The number of piperidine rings is 1. The van der Waals surface area contributed by atoms with E-state index in [4.69, 9.17) is 15.5 Å². The molecule has 0 spiro atoms. The van der Waals surface area contributed by atoms with Crippen LogP contribution >= 0.6 is 0 Å². The zero-order chi connectivity index (χ0) is 33.1. The van der Waals surface area contributed by atoms with E-state index < -0.39 is 34.7 Å². The van der Waals surface area contributed by atoms with E-state index in [9.17, 15) is 18.7 Å². The number of nitrogens with two attached hydrogens (primary N) is 1. The first-order valence-corrected chi connectivity index (χ1v) is 16.3. The van der Waals surface area contributed by atoms with E-state index in [0.717, 1.165) is 32.2 Å². The summed E-state index contributed by atoms with van der Waals surface area (Å²) in [6, 6.07) is 5.74. The molecule has 0 aliphatic carbocycles. The number of carbonyl (C=O) groups excluding carboxylic acids is 1. The van der Waals surface area contributed by atoms with Crippen LogP contribution in [0.2, 0.25) is 0 Å². The second kappa shape index (κ2) is 11.8. The van der Waals surface area contributed by atoms with Gasteiger partial charge in [0.1, 0.15) is 41.4 Å². The number of primary amides is 1. The Hall–Kier alpha value is -4.19. The number of rotatable bonds is 8. The lowest BCUT2D eigenvalue weighted by molar-refractivity contribution is -0.120. The second-order valence-electron chi connectivity index (χ2n) is 13.8. The van der Waals surface area contributed by atoms with Crippen LogP contribution in [0, 0.1) is 17.0 Å². The Morgan fingerprint density at radius 2 is 1.98 bits per heavy atom. The summed E-state index contributed by atoms with van der Waals surface area (Å²) in [4.78, 5) is 29.9. The first-order chi connectivity index (χ1) is 22.5. The number of nitrogens with zero attached hydrogens (tertiary/aromatic N) is 5. The zero-order valence-electron chi connectivity index (χ0n) is 26.7. The number of ether oxygens (including phenoxy) is 1. The first kappa shape index (κ1) is 31.4. The average Bonchev–Trinajstić information content (AvgIpc) is 3.55. The maximum Gasteiger partial charge on any atom is 0.319 e. The smallest absolute Gasteiger partial charge is 0.319 e. The maximum absolute atomic E-state index is 16.9. The lowest BCUT2D eigenvalue weighted by Gasteiger charge is -2.40. The van der Waals surface area contributed by atoms with Crippen LogP contribution in [0.5, 0.6) is 11.8 Å². The quantitative estimate of drug-likeness (QED) is 0.245. The van der Waals surface area contributed by atoms with Crippen LogP contribution in [0.1, 0.15) is 57.9 Å². The first-order valence-electron chi connectivity index (χ1n) is 16.3. The highest BCUT2D eigenvalue weighted by Gasteiger charge is 2.49. The summed E-state index contributed by atoms with van der Waals surface area (Å²) < 4.78 is 52.6. The summed E-state index contributed by atoms with van der Waals surface area (Å²) in [5, 5.41) is 11.9. The molecular weight excluding hydrogens is 609 g/mol. The molecule has 47 heavy (non-hydrogen) atoms. The van der Waals surface area contributed by atoms with Crippen molar-refractivity contribution in [2.75, 3.05) is 37.7 Å². The summed E-state index contributed by atoms with van der Waals surface area (Å²) in [6.07, 6.45) is 4.72. The van der Waals surface area contributed by atoms with Crippen LogP contribution in [-0.2, 0) is 11.2 Å². The normalized spacial score (nSPS) is 24.7. The molecule has 3 saturated heterocycles. The van der Waals surface area contributed by atoms with Crippen molar-refractivity contribution in [3.05, 3.63) is 47.7 Å². The number of pyridine rings is 1. The van der Waals surface area contributed by atoms with Crippen molar-refractivity contribution in [1.82, 2.24) is 19.9 Å². The van der Waals surface area contributed by atoms with Gasteiger partial charge in [-0.15, -0.1) is 0 Å². The maximum atomic E-state index is 16.9. The molecule has 3 aliphatic rings. The molecule has 12 heteroatoms. The number of amides is 1. The van der Waals surface area contributed by atoms with E-state index in [1.165, 1.54) is 24.4 Å². The number of benzene rings is 2. The Morgan fingerprint density at radius 1 is 1.17 bits per heavy atom. The van der Waals surface area contributed by atoms with Gasteiger partial charge in [-0.25, -0.2) is 13.2 Å². The lowest BCUT2D eigenvalue weighted by Crippen LogP contribution is -2.44. The molecule has 3 N–H and O–H groups in total. The van der Waals surface area contributed by atoms with Crippen LogP contribution < -0.4 is 15.4 Å². The number of aromatic hydroxyl groups is 1. The fourth-order valence-corrected chi connectivity index (χ4v) is 8.26. The standard InChI is InChI=1S/C35H39F3N6O3/c1-3-23-26(37)7-6-20-12-22(45)13-24(28(20)23)30-29(38)31-25(16-40-30)32(43-10-4-8-34(2,18-43)15-27(39)46)42-33(41-31)47-19-35-9-5-11-44(35)17-21(36)14-35/h6-7,12-13,16,21,45H,3-5,8-11,14-15,17-19H2,1-2H3,(H2,39,46)/t21-,34-,35+/m1/s1. The number of alkyl halides is 1. The third kappa shape index (κ3) is 5.60. The van der Waals surface area contributed by atoms with Gasteiger partial charge in [0.25, 0.3) is 0 Å². The largest absolute Gasteiger partial charge is 0.508 e. The van der Waals surface area contributed by atoms with Crippen LogP contribution in [0.3, 0.4) is 0 Å². The summed E-state index contributed by atoms with van der Waals surface area (Å²) >= 11 is 0. The minimum atomic E-state index is -0.940. The van der Waals surface area contributed by atoms with Gasteiger partial charge in [-0.2, -0.15) is 9.97 Å². The number of phenols is 1. The minimum Gasteiger partial charge on any atom is -0.508 e. The highest BCUT2D eigenvalue weighted by atomic mass is 19.1. The second-order valence-corrected chi connectivity index (χ2v) is 13.8. The van der Waals surface area contributed by atoms with Gasteiger partial charge in [-0.1, -0.05) is 19.9 Å². The van der Waals surface area contributed by atoms with E-state index in [1.54, 1.807) is 6.07 Å². The molecule has 3 fully saturated rings. The van der Waals surface area contributed by atoms with E-state index in [1.807, 2.05) is 18.7 Å². The molecule has 248 valence electrons. The third-order valence-corrected chi connectivity index (χ3v) is 10.3. The van der Waals surface area contributed by atoms with Gasteiger partial charge in [0.2, 0.25) is 5.91 Å². The lowest BCUT2D eigenvalue weighted by atomic mass is 9.79. The summed E-state index contributed by atoms with van der Waals surface area (Å²) in [5.74, 6) is -1.29. The van der Waals surface area contributed by atoms with Gasteiger partial charge in [0.05, 0.1) is 10.9 Å². The van der Waals surface area contributed by atoms with Crippen LogP contribution in [0.25, 0.3) is 32.9 Å². The van der Waals surface area contributed by atoms with Crippen molar-refractivity contribution in [3.8, 4) is 23.0 Å². The molecule has 3 atom stereocenters.